The predicted molar refractivity (Wildman–Crippen MR) is 82.4 cm³/mol. The fraction of sp³-hybridized carbons (Fsp3) is 0.667. The molecule has 0 aromatic carbocycles. The van der Waals surface area contributed by atoms with Crippen LogP contribution in [0.1, 0.15) is 25.3 Å². The molecule has 1 unspecified atom stereocenters. The molecule has 1 aliphatic rings. The molecule has 0 radical (unpaired) electrons. The number of rotatable bonds is 6. The van der Waals surface area contributed by atoms with Crippen LogP contribution in [0.2, 0.25) is 0 Å². The normalized spacial score (nSPS) is 23.9. The summed E-state index contributed by atoms with van der Waals surface area (Å²) < 4.78 is 27.7. The summed E-state index contributed by atoms with van der Waals surface area (Å²) in [4.78, 5) is 0. The SMILES string of the molecule is CNCc1csc(S(=O)(=O)NCC2(C)CCCS2)c1. The number of hydrogen-bond acceptors (Lipinski definition) is 5. The van der Waals surface area contributed by atoms with Gasteiger partial charge in [-0.05, 0) is 49.6 Å². The van der Waals surface area contributed by atoms with Crippen molar-refractivity contribution in [3.63, 3.8) is 0 Å². The molecule has 2 heterocycles. The van der Waals surface area contributed by atoms with Crippen molar-refractivity contribution in [3.05, 3.63) is 17.0 Å². The Balaban J connectivity index is 2.01. The summed E-state index contributed by atoms with van der Waals surface area (Å²) in [6, 6.07) is 1.74. The molecule has 1 saturated heterocycles. The summed E-state index contributed by atoms with van der Waals surface area (Å²) in [5, 5.41) is 4.91. The van der Waals surface area contributed by atoms with Gasteiger partial charge in [-0.1, -0.05) is 0 Å². The van der Waals surface area contributed by atoms with Gasteiger partial charge in [-0.25, -0.2) is 13.1 Å². The zero-order valence-corrected chi connectivity index (χ0v) is 13.7. The molecule has 2 N–H and O–H groups in total. The standard InChI is InChI=1S/C12H20N2O2S3/c1-12(4-3-5-18-12)9-14-19(15,16)11-6-10(7-13-2)8-17-11/h6,8,13-14H,3-5,7,9H2,1-2H3. The molecule has 1 fully saturated rings. The number of thioether (sulfide) groups is 1. The molecule has 7 heteroatoms. The third kappa shape index (κ3) is 3.95. The molecular formula is C12H20N2O2S3. The van der Waals surface area contributed by atoms with Crippen LogP contribution in [0.25, 0.3) is 0 Å². The number of hydrogen-bond donors (Lipinski definition) is 2. The summed E-state index contributed by atoms with van der Waals surface area (Å²) >= 11 is 3.14. The lowest BCUT2D eigenvalue weighted by molar-refractivity contribution is 0.554. The van der Waals surface area contributed by atoms with Crippen molar-refractivity contribution in [3.8, 4) is 0 Å². The average molecular weight is 321 g/mol. The lowest BCUT2D eigenvalue weighted by Gasteiger charge is -2.22. The first-order chi connectivity index (χ1) is 8.95. The van der Waals surface area contributed by atoms with Gasteiger partial charge in [-0.3, -0.25) is 0 Å². The lowest BCUT2D eigenvalue weighted by atomic mass is 10.1. The molecule has 0 saturated carbocycles. The Morgan fingerprint density at radius 1 is 1.47 bits per heavy atom. The molecule has 0 bridgehead atoms. The Labute approximate surface area is 123 Å². The van der Waals surface area contributed by atoms with Crippen molar-refractivity contribution in [1.29, 1.82) is 0 Å². The van der Waals surface area contributed by atoms with Gasteiger partial charge >= 0.3 is 0 Å². The minimum absolute atomic E-state index is 0.0537. The molecule has 0 amide bonds. The van der Waals surface area contributed by atoms with Gasteiger partial charge in [-0.15, -0.1) is 11.3 Å². The second-order valence-corrected chi connectivity index (χ2v) is 9.62. The van der Waals surface area contributed by atoms with E-state index >= 15 is 0 Å². The smallest absolute Gasteiger partial charge is 0.250 e. The molecule has 1 aromatic heterocycles. The molecule has 0 spiro atoms. The minimum atomic E-state index is -3.36. The summed E-state index contributed by atoms with van der Waals surface area (Å²) in [5.74, 6) is 1.13. The van der Waals surface area contributed by atoms with Gasteiger partial charge in [0.15, 0.2) is 0 Å². The van der Waals surface area contributed by atoms with E-state index in [1.165, 1.54) is 17.8 Å². The maximum atomic E-state index is 12.2. The highest BCUT2D eigenvalue weighted by Gasteiger charge is 2.31. The third-order valence-corrected chi connectivity index (χ3v) is 7.64. The van der Waals surface area contributed by atoms with Gasteiger partial charge in [0.1, 0.15) is 4.21 Å². The highest BCUT2D eigenvalue weighted by molar-refractivity contribution is 8.01. The summed E-state index contributed by atoms with van der Waals surface area (Å²) in [6.07, 6.45) is 2.25. The van der Waals surface area contributed by atoms with Crippen molar-refractivity contribution >= 4 is 33.1 Å². The van der Waals surface area contributed by atoms with E-state index in [4.69, 9.17) is 0 Å². The second-order valence-electron chi connectivity index (χ2n) is 5.03. The summed E-state index contributed by atoms with van der Waals surface area (Å²) in [6.45, 7) is 3.34. The van der Waals surface area contributed by atoms with Crippen LogP contribution in [-0.2, 0) is 16.6 Å². The predicted octanol–water partition coefficient (Wildman–Crippen LogP) is 2.03. The monoisotopic (exact) mass is 320 g/mol. The molecule has 4 nitrogen and oxygen atoms in total. The quantitative estimate of drug-likeness (QED) is 0.842. The van der Waals surface area contributed by atoms with E-state index in [2.05, 4.69) is 17.0 Å². The molecule has 108 valence electrons. The second kappa shape index (κ2) is 6.13. The van der Waals surface area contributed by atoms with Crippen molar-refractivity contribution in [2.75, 3.05) is 19.3 Å². The Morgan fingerprint density at radius 3 is 2.89 bits per heavy atom. The number of thiophene rings is 1. The van der Waals surface area contributed by atoms with Crippen LogP contribution in [0.4, 0.5) is 0 Å². The first-order valence-electron chi connectivity index (χ1n) is 6.31. The Bertz CT molecular complexity index is 519. The molecule has 1 atom stereocenters. The van der Waals surface area contributed by atoms with Gasteiger partial charge < -0.3 is 5.32 Å². The van der Waals surface area contributed by atoms with Crippen molar-refractivity contribution in [1.82, 2.24) is 10.0 Å². The Morgan fingerprint density at radius 2 is 2.26 bits per heavy atom. The molecule has 1 aromatic rings. The summed E-state index contributed by atoms with van der Waals surface area (Å²) in [5.41, 5.74) is 1.01. The van der Waals surface area contributed by atoms with Crippen LogP contribution in [0.3, 0.4) is 0 Å². The lowest BCUT2D eigenvalue weighted by Crippen LogP contribution is -2.36. The van der Waals surface area contributed by atoms with Crippen molar-refractivity contribution in [2.45, 2.75) is 35.3 Å². The van der Waals surface area contributed by atoms with E-state index < -0.39 is 10.0 Å². The molecular weight excluding hydrogens is 300 g/mol. The zero-order chi connectivity index (χ0) is 13.9. The fourth-order valence-corrected chi connectivity index (χ4v) is 5.85. The topological polar surface area (TPSA) is 58.2 Å². The van der Waals surface area contributed by atoms with Crippen molar-refractivity contribution in [2.24, 2.45) is 0 Å². The highest BCUT2D eigenvalue weighted by Crippen LogP contribution is 2.37. The zero-order valence-electron chi connectivity index (χ0n) is 11.2. The van der Waals surface area contributed by atoms with Gasteiger partial charge in [0.05, 0.1) is 0 Å². The van der Waals surface area contributed by atoms with Crippen LogP contribution in [0, 0.1) is 0 Å². The first kappa shape index (κ1) is 15.3. The number of nitrogens with one attached hydrogen (secondary N) is 2. The first-order valence-corrected chi connectivity index (χ1v) is 9.66. The molecule has 19 heavy (non-hydrogen) atoms. The fourth-order valence-electron chi connectivity index (χ4n) is 2.09. The van der Waals surface area contributed by atoms with E-state index in [-0.39, 0.29) is 4.75 Å². The summed E-state index contributed by atoms with van der Waals surface area (Å²) in [7, 11) is -1.51. The Kier molecular flexibility index (Phi) is 4.94. The van der Waals surface area contributed by atoms with E-state index in [1.807, 2.05) is 24.2 Å². The minimum Gasteiger partial charge on any atom is -0.316 e. The van der Waals surface area contributed by atoms with Crippen LogP contribution in [0.5, 0.6) is 0 Å². The average Bonchev–Trinajstić information content (AvgIpc) is 2.98. The van der Waals surface area contributed by atoms with E-state index in [0.29, 0.717) is 17.3 Å². The van der Waals surface area contributed by atoms with Crippen LogP contribution in [-0.4, -0.2) is 32.5 Å². The Hall–Kier alpha value is -0.0800. The van der Waals surface area contributed by atoms with E-state index in [9.17, 15) is 8.42 Å². The number of sulfonamides is 1. The van der Waals surface area contributed by atoms with Crippen LogP contribution in [0.15, 0.2) is 15.7 Å². The van der Waals surface area contributed by atoms with Gasteiger partial charge in [0.2, 0.25) is 10.0 Å². The third-order valence-electron chi connectivity index (χ3n) is 3.21. The van der Waals surface area contributed by atoms with Crippen molar-refractivity contribution < 1.29 is 8.42 Å². The van der Waals surface area contributed by atoms with E-state index in [0.717, 1.165) is 17.7 Å². The van der Waals surface area contributed by atoms with Crippen LogP contribution >= 0.6 is 23.1 Å². The maximum absolute atomic E-state index is 12.2. The van der Waals surface area contributed by atoms with Crippen LogP contribution < -0.4 is 10.0 Å². The maximum Gasteiger partial charge on any atom is 0.250 e. The van der Waals surface area contributed by atoms with E-state index in [1.54, 1.807) is 6.07 Å². The molecule has 2 rings (SSSR count). The van der Waals surface area contributed by atoms with Gasteiger partial charge in [0, 0.05) is 17.8 Å². The van der Waals surface area contributed by atoms with Gasteiger partial charge in [0.25, 0.3) is 0 Å². The highest BCUT2D eigenvalue weighted by atomic mass is 32.2. The molecule has 0 aliphatic carbocycles. The molecule has 1 aliphatic heterocycles. The van der Waals surface area contributed by atoms with Gasteiger partial charge in [-0.2, -0.15) is 11.8 Å². The largest absolute Gasteiger partial charge is 0.316 e.